The second-order valence-electron chi connectivity index (χ2n) is 3.48. The van der Waals surface area contributed by atoms with E-state index in [9.17, 15) is 0 Å². The second-order valence-corrected chi connectivity index (χ2v) is 3.48. The van der Waals surface area contributed by atoms with Crippen molar-refractivity contribution in [3.8, 4) is 0 Å². The molecule has 1 atom stereocenters. The van der Waals surface area contributed by atoms with E-state index in [4.69, 9.17) is 9.47 Å². The van der Waals surface area contributed by atoms with Crippen molar-refractivity contribution in [3.05, 3.63) is 0 Å². The summed E-state index contributed by atoms with van der Waals surface area (Å²) >= 11 is 0. The molecule has 2 aliphatic heterocycles. The SMILES string of the molecule is C1CC(=NNC2CCOC2)CCO1. The van der Waals surface area contributed by atoms with Crippen LogP contribution in [0.15, 0.2) is 5.10 Å². The van der Waals surface area contributed by atoms with Crippen LogP contribution in [-0.4, -0.2) is 38.2 Å². The molecular weight excluding hydrogens is 168 g/mol. The predicted octanol–water partition coefficient (Wildman–Crippen LogP) is 0.531. The van der Waals surface area contributed by atoms with Gasteiger partial charge in [-0.05, 0) is 6.42 Å². The lowest BCUT2D eigenvalue weighted by Gasteiger charge is -2.15. The molecule has 0 spiro atoms. The number of rotatable bonds is 2. The van der Waals surface area contributed by atoms with Crippen LogP contribution in [0.3, 0.4) is 0 Å². The summed E-state index contributed by atoms with van der Waals surface area (Å²) in [6.07, 6.45) is 3.02. The molecule has 0 aromatic heterocycles. The molecule has 0 amide bonds. The second kappa shape index (κ2) is 4.58. The molecule has 0 aromatic carbocycles. The van der Waals surface area contributed by atoms with Crippen LogP contribution in [0.2, 0.25) is 0 Å². The van der Waals surface area contributed by atoms with E-state index in [1.807, 2.05) is 0 Å². The van der Waals surface area contributed by atoms with E-state index in [-0.39, 0.29) is 0 Å². The summed E-state index contributed by atoms with van der Waals surface area (Å²) in [5.41, 5.74) is 4.39. The van der Waals surface area contributed by atoms with Crippen molar-refractivity contribution in [3.63, 3.8) is 0 Å². The van der Waals surface area contributed by atoms with Gasteiger partial charge in [-0.1, -0.05) is 0 Å². The van der Waals surface area contributed by atoms with Crippen LogP contribution >= 0.6 is 0 Å². The largest absolute Gasteiger partial charge is 0.381 e. The Labute approximate surface area is 78.3 Å². The molecule has 13 heavy (non-hydrogen) atoms. The van der Waals surface area contributed by atoms with Gasteiger partial charge in [0.1, 0.15) is 0 Å². The van der Waals surface area contributed by atoms with Crippen LogP contribution in [0.4, 0.5) is 0 Å². The lowest BCUT2D eigenvalue weighted by atomic mass is 10.2. The Morgan fingerprint density at radius 2 is 2.00 bits per heavy atom. The summed E-state index contributed by atoms with van der Waals surface area (Å²) in [5, 5.41) is 4.37. The third-order valence-electron chi connectivity index (χ3n) is 2.40. The monoisotopic (exact) mass is 184 g/mol. The molecule has 2 heterocycles. The molecular formula is C9H16N2O2. The lowest BCUT2D eigenvalue weighted by molar-refractivity contribution is 0.134. The minimum absolute atomic E-state index is 0.426. The molecule has 0 radical (unpaired) electrons. The first kappa shape index (κ1) is 8.97. The first-order valence-electron chi connectivity index (χ1n) is 4.91. The van der Waals surface area contributed by atoms with Gasteiger partial charge in [-0.2, -0.15) is 5.10 Å². The maximum atomic E-state index is 5.24. The summed E-state index contributed by atoms with van der Waals surface area (Å²) in [4.78, 5) is 0. The van der Waals surface area contributed by atoms with Gasteiger partial charge in [0.25, 0.3) is 0 Å². The Morgan fingerprint density at radius 3 is 2.69 bits per heavy atom. The van der Waals surface area contributed by atoms with Crippen LogP contribution in [-0.2, 0) is 9.47 Å². The third kappa shape index (κ3) is 2.67. The molecule has 74 valence electrons. The van der Waals surface area contributed by atoms with Gasteiger partial charge >= 0.3 is 0 Å². The van der Waals surface area contributed by atoms with Crippen molar-refractivity contribution < 1.29 is 9.47 Å². The fourth-order valence-corrected chi connectivity index (χ4v) is 1.54. The topological polar surface area (TPSA) is 42.9 Å². The van der Waals surface area contributed by atoms with Gasteiger partial charge in [0.05, 0.1) is 25.9 Å². The molecule has 1 N–H and O–H groups in total. The van der Waals surface area contributed by atoms with Gasteiger partial charge in [0.2, 0.25) is 0 Å². The molecule has 0 bridgehead atoms. The first-order valence-corrected chi connectivity index (χ1v) is 4.91. The average molecular weight is 184 g/mol. The highest BCUT2D eigenvalue weighted by Gasteiger charge is 2.14. The number of ether oxygens (including phenoxy) is 2. The molecule has 0 saturated carbocycles. The maximum absolute atomic E-state index is 5.24. The Kier molecular flexibility index (Phi) is 3.16. The first-order chi connectivity index (χ1) is 6.45. The van der Waals surface area contributed by atoms with E-state index in [1.165, 1.54) is 5.71 Å². The van der Waals surface area contributed by atoms with Crippen molar-refractivity contribution in [1.29, 1.82) is 0 Å². The minimum atomic E-state index is 0.426. The summed E-state index contributed by atoms with van der Waals surface area (Å²) in [5.74, 6) is 0. The van der Waals surface area contributed by atoms with Crippen LogP contribution in [0.1, 0.15) is 19.3 Å². The number of nitrogens with zero attached hydrogens (tertiary/aromatic N) is 1. The van der Waals surface area contributed by atoms with Crippen molar-refractivity contribution in [2.75, 3.05) is 26.4 Å². The zero-order valence-corrected chi connectivity index (χ0v) is 7.79. The number of hydrogen-bond donors (Lipinski definition) is 1. The van der Waals surface area contributed by atoms with Crippen LogP contribution < -0.4 is 5.43 Å². The summed E-state index contributed by atoms with van der Waals surface area (Å²) < 4.78 is 10.5. The Bertz CT molecular complexity index is 180. The van der Waals surface area contributed by atoms with Crippen molar-refractivity contribution in [2.24, 2.45) is 5.10 Å². The summed E-state index contributed by atoms with van der Waals surface area (Å²) in [7, 11) is 0. The number of hydrazone groups is 1. The standard InChI is InChI=1S/C9H16N2O2/c1-4-12-5-2-8(1)10-11-9-3-6-13-7-9/h9,11H,1-7H2. The molecule has 2 aliphatic rings. The van der Waals surface area contributed by atoms with Gasteiger partial charge in [0, 0.05) is 25.2 Å². The fourth-order valence-electron chi connectivity index (χ4n) is 1.54. The summed E-state index contributed by atoms with van der Waals surface area (Å²) in [6, 6.07) is 0.426. The van der Waals surface area contributed by atoms with Gasteiger partial charge in [0.15, 0.2) is 0 Å². The van der Waals surface area contributed by atoms with E-state index in [0.29, 0.717) is 6.04 Å². The molecule has 2 rings (SSSR count). The molecule has 4 nitrogen and oxygen atoms in total. The van der Waals surface area contributed by atoms with Crippen molar-refractivity contribution in [1.82, 2.24) is 5.43 Å². The van der Waals surface area contributed by atoms with Gasteiger partial charge in [-0.25, -0.2) is 0 Å². The van der Waals surface area contributed by atoms with E-state index in [1.54, 1.807) is 0 Å². The maximum Gasteiger partial charge on any atom is 0.0695 e. The Hall–Kier alpha value is -0.610. The molecule has 2 saturated heterocycles. The van der Waals surface area contributed by atoms with E-state index in [0.717, 1.165) is 45.7 Å². The molecule has 0 aliphatic carbocycles. The lowest BCUT2D eigenvalue weighted by Crippen LogP contribution is -2.27. The molecule has 0 aromatic rings. The molecule has 2 fully saturated rings. The fraction of sp³-hybridized carbons (Fsp3) is 0.889. The molecule has 1 unspecified atom stereocenters. The van der Waals surface area contributed by atoms with Crippen LogP contribution in [0.25, 0.3) is 0 Å². The third-order valence-corrected chi connectivity index (χ3v) is 2.40. The highest BCUT2D eigenvalue weighted by Crippen LogP contribution is 2.05. The van der Waals surface area contributed by atoms with E-state index in [2.05, 4.69) is 10.5 Å². The Morgan fingerprint density at radius 1 is 1.15 bits per heavy atom. The quantitative estimate of drug-likeness (QED) is 0.637. The predicted molar refractivity (Wildman–Crippen MR) is 49.8 cm³/mol. The molecule has 4 heteroatoms. The van der Waals surface area contributed by atoms with Crippen LogP contribution in [0.5, 0.6) is 0 Å². The zero-order chi connectivity index (χ0) is 8.93. The smallest absolute Gasteiger partial charge is 0.0695 e. The van der Waals surface area contributed by atoms with Crippen LogP contribution in [0, 0.1) is 0 Å². The van der Waals surface area contributed by atoms with Crippen molar-refractivity contribution >= 4 is 5.71 Å². The highest BCUT2D eigenvalue weighted by molar-refractivity contribution is 5.84. The van der Waals surface area contributed by atoms with Gasteiger partial charge in [-0.15, -0.1) is 0 Å². The van der Waals surface area contributed by atoms with Gasteiger partial charge < -0.3 is 14.9 Å². The Balaban J connectivity index is 1.74. The highest BCUT2D eigenvalue weighted by atomic mass is 16.5. The number of nitrogens with one attached hydrogen (secondary N) is 1. The summed E-state index contributed by atoms with van der Waals surface area (Å²) in [6.45, 7) is 3.31. The minimum Gasteiger partial charge on any atom is -0.381 e. The van der Waals surface area contributed by atoms with E-state index >= 15 is 0 Å². The zero-order valence-electron chi connectivity index (χ0n) is 7.79. The number of hydrogen-bond acceptors (Lipinski definition) is 4. The van der Waals surface area contributed by atoms with Crippen molar-refractivity contribution in [2.45, 2.75) is 25.3 Å². The van der Waals surface area contributed by atoms with Gasteiger partial charge in [-0.3, -0.25) is 0 Å². The van der Waals surface area contributed by atoms with E-state index < -0.39 is 0 Å². The average Bonchev–Trinajstić information content (AvgIpc) is 2.69. The normalized spacial score (nSPS) is 28.9.